The molecule has 0 atom stereocenters. The first-order valence-electron chi connectivity index (χ1n) is 12.4. The minimum absolute atomic E-state index is 0.127. The van der Waals surface area contributed by atoms with Crippen molar-refractivity contribution < 1.29 is 35.9 Å². The highest BCUT2D eigenvalue weighted by molar-refractivity contribution is 7.91. The van der Waals surface area contributed by atoms with E-state index in [0.717, 1.165) is 6.26 Å². The number of likely N-dealkylation sites (N-methyl/N-ethyl adjacent to an activating group) is 1. The van der Waals surface area contributed by atoms with Crippen LogP contribution < -0.4 is 10.1 Å². The van der Waals surface area contributed by atoms with Crippen LogP contribution in [-0.2, 0) is 25.9 Å². The van der Waals surface area contributed by atoms with Crippen molar-refractivity contribution in [1.82, 2.24) is 19.4 Å². The molecular formula is C26H27ClF3N5O5S. The molecule has 0 aliphatic heterocycles. The number of nitrogens with one attached hydrogen (secondary N) is 1. The SMILES string of the molecule is CN(CCn1ccc2ncnc(Nc3ccc(OC4=CCCCC(OC(F)(F)F)=C4)c(Cl)c3)c21)C(=O)CS(C)(=O)=O. The number of aromatic nitrogens is 3. The molecule has 1 N–H and O–H groups in total. The van der Waals surface area contributed by atoms with Crippen LogP contribution in [0.2, 0.25) is 5.02 Å². The number of ether oxygens (including phenoxy) is 2. The summed E-state index contributed by atoms with van der Waals surface area (Å²) in [6, 6.07) is 6.63. The van der Waals surface area contributed by atoms with Crippen LogP contribution >= 0.6 is 11.6 Å². The number of anilines is 2. The molecule has 4 rings (SSSR count). The lowest BCUT2D eigenvalue weighted by molar-refractivity contribution is -0.306. The molecule has 10 nitrogen and oxygen atoms in total. The van der Waals surface area contributed by atoms with Crippen molar-refractivity contribution in [3.8, 4) is 5.75 Å². The Morgan fingerprint density at radius 3 is 2.73 bits per heavy atom. The average molecular weight is 614 g/mol. The van der Waals surface area contributed by atoms with E-state index in [4.69, 9.17) is 16.3 Å². The van der Waals surface area contributed by atoms with Crippen molar-refractivity contribution in [2.75, 3.05) is 30.9 Å². The van der Waals surface area contributed by atoms with Crippen molar-refractivity contribution in [3.63, 3.8) is 0 Å². The Morgan fingerprint density at radius 2 is 2.02 bits per heavy atom. The molecule has 41 heavy (non-hydrogen) atoms. The van der Waals surface area contributed by atoms with Crippen molar-refractivity contribution in [1.29, 1.82) is 0 Å². The summed E-state index contributed by atoms with van der Waals surface area (Å²) < 4.78 is 72.6. The highest BCUT2D eigenvalue weighted by atomic mass is 35.5. The topological polar surface area (TPSA) is 116 Å². The van der Waals surface area contributed by atoms with Crippen LogP contribution in [-0.4, -0.2) is 65.7 Å². The first kappa shape index (κ1) is 30.2. The maximum atomic E-state index is 12.7. The molecule has 0 spiro atoms. The van der Waals surface area contributed by atoms with Gasteiger partial charge in [0, 0.05) is 50.8 Å². The molecule has 15 heteroatoms. The first-order valence-corrected chi connectivity index (χ1v) is 14.8. The molecular weight excluding hydrogens is 587 g/mol. The minimum atomic E-state index is -4.79. The molecule has 3 aromatic rings. The Morgan fingerprint density at radius 1 is 1.24 bits per heavy atom. The van der Waals surface area contributed by atoms with E-state index in [0.29, 0.717) is 41.9 Å². The number of carbonyl (C=O) groups excluding carboxylic acids is 1. The number of hydrogen-bond acceptors (Lipinski definition) is 8. The summed E-state index contributed by atoms with van der Waals surface area (Å²) in [5, 5.41) is 3.39. The predicted molar refractivity (Wildman–Crippen MR) is 147 cm³/mol. The normalized spacial score (nSPS) is 14.2. The minimum Gasteiger partial charge on any atom is -0.456 e. The number of hydrogen-bond donors (Lipinski definition) is 1. The third kappa shape index (κ3) is 8.60. The smallest absolute Gasteiger partial charge is 0.456 e. The van der Waals surface area contributed by atoms with Gasteiger partial charge < -0.3 is 24.3 Å². The van der Waals surface area contributed by atoms with E-state index in [2.05, 4.69) is 20.0 Å². The molecule has 1 aliphatic rings. The number of halogens is 4. The second-order valence-corrected chi connectivity index (χ2v) is 11.9. The zero-order chi connectivity index (χ0) is 29.8. The van der Waals surface area contributed by atoms with Crippen molar-refractivity contribution >= 4 is 49.9 Å². The van der Waals surface area contributed by atoms with Gasteiger partial charge in [-0.05, 0) is 43.2 Å². The van der Waals surface area contributed by atoms with Gasteiger partial charge in [-0.1, -0.05) is 11.6 Å². The van der Waals surface area contributed by atoms with Gasteiger partial charge >= 0.3 is 6.36 Å². The quantitative estimate of drug-likeness (QED) is 0.332. The number of nitrogens with zero attached hydrogens (tertiary/aromatic N) is 4. The number of allylic oxidation sites excluding steroid dienone is 3. The second kappa shape index (κ2) is 12.4. The highest BCUT2D eigenvalue weighted by Gasteiger charge is 2.32. The summed E-state index contributed by atoms with van der Waals surface area (Å²) in [5.41, 5.74) is 1.85. The Bertz CT molecular complexity index is 1600. The molecule has 0 bridgehead atoms. The van der Waals surface area contributed by atoms with Crippen LogP contribution in [0.3, 0.4) is 0 Å². The third-order valence-electron chi connectivity index (χ3n) is 5.98. The molecule has 2 heterocycles. The van der Waals surface area contributed by atoms with Gasteiger partial charge in [-0.25, -0.2) is 18.4 Å². The van der Waals surface area contributed by atoms with E-state index in [1.165, 1.54) is 24.4 Å². The Kier molecular flexibility index (Phi) is 9.12. The number of fused-ring (bicyclic) bond motifs is 1. The number of rotatable bonds is 10. The first-order chi connectivity index (χ1) is 19.3. The zero-order valence-electron chi connectivity index (χ0n) is 22.1. The average Bonchev–Trinajstić information content (AvgIpc) is 3.16. The fourth-order valence-electron chi connectivity index (χ4n) is 4.06. The van der Waals surface area contributed by atoms with Crippen molar-refractivity contribution in [2.24, 2.45) is 0 Å². The lowest BCUT2D eigenvalue weighted by Crippen LogP contribution is -2.34. The molecule has 2 aromatic heterocycles. The largest absolute Gasteiger partial charge is 0.572 e. The van der Waals surface area contributed by atoms with E-state index in [1.807, 2.05) is 4.57 Å². The summed E-state index contributed by atoms with van der Waals surface area (Å²) in [6.45, 7) is 0.609. The molecule has 1 aliphatic carbocycles. The van der Waals surface area contributed by atoms with Gasteiger partial charge in [0.05, 0.1) is 10.5 Å². The van der Waals surface area contributed by atoms with Crippen LogP contribution in [0.1, 0.15) is 19.3 Å². The maximum Gasteiger partial charge on any atom is 0.572 e. The van der Waals surface area contributed by atoms with Crippen LogP contribution in [0, 0.1) is 0 Å². The maximum absolute atomic E-state index is 12.7. The predicted octanol–water partition coefficient (Wildman–Crippen LogP) is 5.20. The molecule has 0 unspecified atom stereocenters. The van der Waals surface area contributed by atoms with Crippen molar-refractivity contribution in [2.45, 2.75) is 32.2 Å². The molecule has 1 amide bonds. The van der Waals surface area contributed by atoms with E-state index in [1.54, 1.807) is 36.5 Å². The number of sulfone groups is 1. The lowest BCUT2D eigenvalue weighted by atomic mass is 10.2. The molecule has 0 saturated heterocycles. The zero-order valence-corrected chi connectivity index (χ0v) is 23.7. The van der Waals surface area contributed by atoms with Gasteiger partial charge in [0.15, 0.2) is 15.7 Å². The number of carbonyl (C=O) groups is 1. The number of amides is 1. The van der Waals surface area contributed by atoms with E-state index >= 15 is 0 Å². The van der Waals surface area contributed by atoms with Crippen LogP contribution in [0.4, 0.5) is 24.7 Å². The molecule has 0 radical (unpaired) electrons. The Hall–Kier alpha value is -3.78. The molecule has 220 valence electrons. The highest BCUT2D eigenvalue weighted by Crippen LogP contribution is 2.33. The van der Waals surface area contributed by atoms with E-state index in [9.17, 15) is 26.4 Å². The van der Waals surface area contributed by atoms with Gasteiger partial charge in [0.25, 0.3) is 0 Å². The van der Waals surface area contributed by atoms with Gasteiger partial charge in [0.1, 0.15) is 34.9 Å². The van der Waals surface area contributed by atoms with Crippen LogP contribution in [0.5, 0.6) is 5.75 Å². The van der Waals surface area contributed by atoms with Gasteiger partial charge in [-0.3, -0.25) is 4.79 Å². The second-order valence-electron chi connectivity index (χ2n) is 9.38. The summed E-state index contributed by atoms with van der Waals surface area (Å²) in [6.07, 6.45) is 3.40. The summed E-state index contributed by atoms with van der Waals surface area (Å²) in [4.78, 5) is 22.1. The van der Waals surface area contributed by atoms with Gasteiger partial charge in [-0.15, -0.1) is 13.2 Å². The molecule has 1 aromatic carbocycles. The number of benzene rings is 1. The molecule has 0 saturated carbocycles. The van der Waals surface area contributed by atoms with Gasteiger partial charge in [-0.2, -0.15) is 0 Å². The van der Waals surface area contributed by atoms with Crippen molar-refractivity contribution in [3.05, 3.63) is 65.5 Å². The summed E-state index contributed by atoms with van der Waals surface area (Å²) >= 11 is 6.44. The summed E-state index contributed by atoms with van der Waals surface area (Å²) in [7, 11) is -1.91. The number of alkyl halides is 3. The standard InChI is InChI=1S/C26H27ClF3N5O5S/c1-34(23(36)15-41(2,37)38)11-12-35-10-9-21-24(35)25(32-16-31-21)33-17-7-8-22(20(27)13-17)39-18-5-3-4-6-19(14-18)40-26(28,29)30/h5,7-10,13-14,16H,3-4,6,11-12,15H2,1-2H3,(H,31,32,33). The monoisotopic (exact) mass is 613 g/mol. The van der Waals surface area contributed by atoms with Crippen LogP contribution in [0.15, 0.2) is 60.5 Å². The Labute approximate surface area is 239 Å². The van der Waals surface area contributed by atoms with Gasteiger partial charge in [0.2, 0.25) is 5.91 Å². The lowest BCUT2D eigenvalue weighted by Gasteiger charge is -2.18. The fraction of sp³-hybridized carbons (Fsp3) is 0.346. The third-order valence-corrected chi connectivity index (χ3v) is 7.05. The Balaban J connectivity index is 1.48. The fourth-order valence-corrected chi connectivity index (χ4v) is 4.95. The van der Waals surface area contributed by atoms with E-state index in [-0.39, 0.29) is 35.3 Å². The molecule has 0 fully saturated rings. The summed E-state index contributed by atoms with van der Waals surface area (Å²) in [5.74, 6) is -0.418. The van der Waals surface area contributed by atoms with E-state index < -0.39 is 27.9 Å². The van der Waals surface area contributed by atoms with Crippen LogP contribution in [0.25, 0.3) is 11.0 Å².